The van der Waals surface area contributed by atoms with E-state index in [0.717, 1.165) is 0 Å². The lowest BCUT2D eigenvalue weighted by molar-refractivity contribution is 0.794. The molecule has 12 aromatic carbocycles. The van der Waals surface area contributed by atoms with Crippen LogP contribution in [0.15, 0.2) is 170 Å². The first kappa shape index (κ1) is 69.0. The maximum Gasteiger partial charge on any atom is 0.242 e. The third kappa shape index (κ3) is 11.4. The highest BCUT2D eigenvalue weighted by atomic mass is 14.5. The Kier molecular flexibility index (Phi) is 17.6. The van der Waals surface area contributed by atoms with Crippen molar-refractivity contribution in [2.75, 3.05) is 0 Å². The van der Waals surface area contributed by atoms with Gasteiger partial charge in [0.05, 0.1) is 5.41 Å². The molecule has 0 radical (unpaired) electrons. The van der Waals surface area contributed by atoms with Gasteiger partial charge < -0.3 is 0 Å². The van der Waals surface area contributed by atoms with Crippen LogP contribution in [-0.4, -0.2) is 26.9 Å². The van der Waals surface area contributed by atoms with Crippen molar-refractivity contribution in [1.29, 1.82) is 0 Å². The van der Waals surface area contributed by atoms with Crippen LogP contribution < -0.4 is 65.6 Å². The lowest BCUT2D eigenvalue weighted by Crippen LogP contribution is -2.56. The van der Waals surface area contributed by atoms with Crippen LogP contribution in [0.2, 0.25) is 0 Å². The van der Waals surface area contributed by atoms with Crippen LogP contribution in [0.3, 0.4) is 0 Å². The topological polar surface area (TPSA) is 0 Å². The summed E-state index contributed by atoms with van der Waals surface area (Å²) < 4.78 is 0. The van der Waals surface area contributed by atoms with Crippen molar-refractivity contribution < 1.29 is 0 Å². The molecule has 0 saturated heterocycles. The number of benzene rings is 12. The zero-order chi connectivity index (χ0) is 72.0. The summed E-state index contributed by atoms with van der Waals surface area (Å²) in [5.74, 6) is 0. The summed E-state index contributed by atoms with van der Waals surface area (Å²) in [6.07, 6.45) is 0. The lowest BCUT2D eigenvalue weighted by Gasteiger charge is -2.32. The molecule has 500 valence electrons. The molecule has 0 bridgehead atoms. The highest BCUT2D eigenvalue weighted by Gasteiger charge is 2.53. The lowest BCUT2D eigenvalue weighted by atomic mass is 9.34. The fourth-order valence-corrected chi connectivity index (χ4v) is 21.1. The van der Waals surface area contributed by atoms with Gasteiger partial charge >= 0.3 is 0 Å². The van der Waals surface area contributed by atoms with Crippen LogP contribution in [0, 0.1) is 166 Å². The van der Waals surface area contributed by atoms with Gasteiger partial charge in [-0.25, -0.2) is 0 Å². The predicted octanol–water partition coefficient (Wildman–Crippen LogP) is 15.5. The maximum absolute atomic E-state index is 2.68. The van der Waals surface area contributed by atoms with E-state index in [1.165, 1.54) is 244 Å². The smallest absolute Gasteiger partial charge is 0.0680 e. The van der Waals surface area contributed by atoms with Crippen LogP contribution in [0.5, 0.6) is 0 Å². The second kappa shape index (κ2) is 25.8. The number of hydrogen-bond acceptors (Lipinski definition) is 0. The highest BCUT2D eigenvalue weighted by molar-refractivity contribution is 6.98. The minimum Gasteiger partial charge on any atom is -0.0680 e. The van der Waals surface area contributed by atoms with E-state index in [1.807, 2.05) is 0 Å². The van der Waals surface area contributed by atoms with Crippen molar-refractivity contribution in [3.8, 4) is 22.3 Å². The van der Waals surface area contributed by atoms with E-state index in [2.05, 4.69) is 336 Å². The molecule has 0 saturated carbocycles. The van der Waals surface area contributed by atoms with E-state index < -0.39 is 5.41 Å². The Morgan fingerprint density at radius 2 is 0.277 bits per heavy atom. The van der Waals surface area contributed by atoms with Gasteiger partial charge in [0.2, 0.25) is 26.9 Å². The van der Waals surface area contributed by atoms with Crippen molar-refractivity contribution in [2.24, 2.45) is 0 Å². The third-order valence-corrected chi connectivity index (χ3v) is 23.9. The van der Waals surface area contributed by atoms with Gasteiger partial charge in [0.1, 0.15) is 0 Å². The largest absolute Gasteiger partial charge is 0.242 e. The monoisotopic (exact) mass is 1310 g/mol. The molecule has 0 N–H and O–H groups in total. The molecular weight excluding hydrogens is 1210 g/mol. The third-order valence-electron chi connectivity index (χ3n) is 23.9. The molecule has 0 aromatic heterocycles. The summed E-state index contributed by atoms with van der Waals surface area (Å²) in [4.78, 5) is 0. The summed E-state index contributed by atoms with van der Waals surface area (Å²) in [5.41, 5.74) is 58.3. The molecule has 12 aromatic rings. The first-order chi connectivity index (χ1) is 47.9. The Balaban J connectivity index is 1.14. The SMILES string of the molecule is Cc1cc(C)c(B(c2ccc3c(c2)-c2cc(B(c4c(C)cc(C)cc4C)c4c(C)cc(C)cc4C)ccc2C32c3ccc(B(c4c(C)cc(C)cc4C)c4c(C)cc(C)cc4C)cc3-c3cc(B(c4c(C)cc(C)cc4C)c4c(C)cc(C)cc4C)ccc32)c2c(C)cc(C)cc2C)c(C)c1. The van der Waals surface area contributed by atoms with Crippen LogP contribution >= 0.6 is 0 Å². The number of hydrogen-bond donors (Lipinski definition) is 0. The molecule has 0 heterocycles. The highest BCUT2D eigenvalue weighted by Crippen LogP contribution is 2.62. The van der Waals surface area contributed by atoms with E-state index in [0.29, 0.717) is 0 Å². The Bertz CT molecular complexity index is 4400. The fourth-order valence-electron chi connectivity index (χ4n) is 21.1. The van der Waals surface area contributed by atoms with Crippen molar-refractivity contribution in [1.82, 2.24) is 0 Å². The Hall–Kier alpha value is -9.10. The van der Waals surface area contributed by atoms with E-state index >= 15 is 0 Å². The van der Waals surface area contributed by atoms with Crippen LogP contribution in [0.4, 0.5) is 0 Å². The van der Waals surface area contributed by atoms with E-state index in [9.17, 15) is 0 Å². The van der Waals surface area contributed by atoms with E-state index in [-0.39, 0.29) is 26.9 Å². The first-order valence-electron chi connectivity index (χ1n) is 37.2. The molecule has 0 unspecified atom stereocenters. The van der Waals surface area contributed by atoms with Crippen LogP contribution in [0.25, 0.3) is 22.3 Å². The van der Waals surface area contributed by atoms with Gasteiger partial charge in [0.25, 0.3) is 0 Å². The van der Waals surface area contributed by atoms with Crippen LogP contribution in [-0.2, 0) is 5.41 Å². The molecular formula is C97H100B4. The second-order valence-corrected chi connectivity index (χ2v) is 32.2. The van der Waals surface area contributed by atoms with Gasteiger partial charge in [-0.2, -0.15) is 0 Å². The Morgan fingerprint density at radius 1 is 0.158 bits per heavy atom. The normalized spacial score (nSPS) is 12.4. The zero-order valence-corrected chi connectivity index (χ0v) is 65.0. The molecule has 4 heteroatoms. The predicted molar refractivity (Wildman–Crippen MR) is 447 cm³/mol. The van der Waals surface area contributed by atoms with Gasteiger partial charge in [-0.15, -0.1) is 0 Å². The summed E-state index contributed by atoms with van der Waals surface area (Å²) in [6, 6.07) is 70.0. The zero-order valence-electron chi connectivity index (χ0n) is 65.0. The fraction of sp³-hybridized carbons (Fsp3) is 0.258. The average Bonchev–Trinajstić information content (AvgIpc) is 1.50. The van der Waals surface area contributed by atoms with Crippen LogP contribution in [0.1, 0.15) is 156 Å². The van der Waals surface area contributed by atoms with Gasteiger partial charge in [-0.05, 0) is 211 Å². The number of fused-ring (bicyclic) bond motifs is 10. The van der Waals surface area contributed by atoms with Crippen molar-refractivity contribution >= 4 is 92.4 Å². The summed E-state index contributed by atoms with van der Waals surface area (Å²) in [6.45, 7) is 55.6. The standard InChI is InChI=1S/C97H100B4/c1-53-33-61(9)89(62(10)34-53)98(90-63(11)35-54(2)36-64(90)12)77-25-29-85-81(49-77)82-50-78(99(91-65(13)37-55(3)38-66(91)14)92-67(15)39-56(4)40-68(92)16)26-30-86(82)97(85)87-31-27-79(100(93-69(17)41-57(5)42-70(93)18)94-71(19)43-58(6)44-72(94)20)51-83(87)84-52-80(28-32-88(84)97)101(95-73(21)45-59(7)46-74(95)22)96-75(23)47-60(8)48-76(96)24/h25-52H,1-24H3. The maximum atomic E-state index is 2.68. The van der Waals surface area contributed by atoms with Gasteiger partial charge in [-0.1, -0.05) is 369 Å². The minimum atomic E-state index is -0.688. The molecule has 0 atom stereocenters. The van der Waals surface area contributed by atoms with Crippen molar-refractivity contribution in [3.63, 3.8) is 0 Å². The quantitative estimate of drug-likeness (QED) is 0.107. The minimum absolute atomic E-state index is 0.0139. The Morgan fingerprint density at radius 3 is 0.396 bits per heavy atom. The molecule has 101 heavy (non-hydrogen) atoms. The van der Waals surface area contributed by atoms with E-state index in [1.54, 1.807) is 0 Å². The first-order valence-corrected chi connectivity index (χ1v) is 37.2. The summed E-state index contributed by atoms with van der Waals surface area (Å²) in [5, 5.41) is 0. The molecule has 0 nitrogen and oxygen atoms in total. The molecule has 14 rings (SSSR count). The molecule has 0 amide bonds. The molecule has 0 aliphatic heterocycles. The number of rotatable bonds is 12. The molecule has 1 spiro atoms. The molecule has 2 aliphatic rings. The molecule has 2 aliphatic carbocycles. The van der Waals surface area contributed by atoms with E-state index in [4.69, 9.17) is 0 Å². The molecule has 0 fully saturated rings. The van der Waals surface area contributed by atoms with Gasteiger partial charge in [0.15, 0.2) is 0 Å². The average molecular weight is 1310 g/mol. The van der Waals surface area contributed by atoms with Gasteiger partial charge in [0, 0.05) is 0 Å². The summed E-state index contributed by atoms with van der Waals surface area (Å²) in [7, 11) is 0. The van der Waals surface area contributed by atoms with Crippen molar-refractivity contribution in [2.45, 2.75) is 172 Å². The summed E-state index contributed by atoms with van der Waals surface area (Å²) >= 11 is 0. The Labute approximate surface area is 607 Å². The second-order valence-electron chi connectivity index (χ2n) is 32.2. The van der Waals surface area contributed by atoms with Crippen molar-refractivity contribution in [3.05, 3.63) is 326 Å². The number of aryl methyl sites for hydroxylation is 24. The van der Waals surface area contributed by atoms with Gasteiger partial charge in [-0.3, -0.25) is 0 Å².